The Balaban J connectivity index is 1.69. The van der Waals surface area contributed by atoms with Crippen LogP contribution in [-0.4, -0.2) is 33.4 Å². The molecule has 0 aliphatic carbocycles. The zero-order chi connectivity index (χ0) is 19.8. The molecule has 1 aliphatic heterocycles. The van der Waals surface area contributed by atoms with Crippen LogP contribution in [-0.2, 0) is 11.3 Å². The standard InChI is InChI=1S/C22H25N3O2S/c1-14-5-4-8-24(10-14)19(26)11-25-13-23-21-20(22(25)27)18(12-28-21)17-7-6-15(2)16(3)9-17/h6-7,9,12-14H,4-5,8,10-11H2,1-3H3/t14-/m0/s1. The summed E-state index contributed by atoms with van der Waals surface area (Å²) in [6.45, 7) is 7.92. The molecule has 5 nitrogen and oxygen atoms in total. The minimum absolute atomic E-state index is 0.00207. The predicted molar refractivity (Wildman–Crippen MR) is 114 cm³/mol. The molecule has 28 heavy (non-hydrogen) atoms. The highest BCUT2D eigenvalue weighted by Gasteiger charge is 2.22. The number of piperidine rings is 1. The molecule has 3 heterocycles. The van der Waals surface area contributed by atoms with Gasteiger partial charge in [0.25, 0.3) is 5.56 Å². The van der Waals surface area contributed by atoms with E-state index in [1.165, 1.54) is 33.4 Å². The smallest absolute Gasteiger partial charge is 0.263 e. The summed E-state index contributed by atoms with van der Waals surface area (Å²) >= 11 is 1.47. The Bertz CT molecular complexity index is 1100. The summed E-state index contributed by atoms with van der Waals surface area (Å²) in [5.41, 5.74) is 4.18. The SMILES string of the molecule is Cc1ccc(-c2csc3ncn(CC(=O)N4CCC[C@H](C)C4)c(=O)c23)cc1C. The fraction of sp³-hybridized carbons (Fsp3) is 0.409. The maximum Gasteiger partial charge on any atom is 0.263 e. The third kappa shape index (κ3) is 3.49. The zero-order valence-electron chi connectivity index (χ0n) is 16.6. The summed E-state index contributed by atoms with van der Waals surface area (Å²) in [5, 5.41) is 2.59. The number of aromatic nitrogens is 2. The van der Waals surface area contributed by atoms with Gasteiger partial charge in [0.2, 0.25) is 5.91 Å². The molecule has 146 valence electrons. The van der Waals surface area contributed by atoms with E-state index in [0.29, 0.717) is 16.1 Å². The van der Waals surface area contributed by atoms with Crippen LogP contribution in [0.5, 0.6) is 0 Å². The van der Waals surface area contributed by atoms with Crippen molar-refractivity contribution in [1.29, 1.82) is 0 Å². The van der Waals surface area contributed by atoms with Crippen molar-refractivity contribution in [2.75, 3.05) is 13.1 Å². The number of thiophene rings is 1. The lowest BCUT2D eigenvalue weighted by Crippen LogP contribution is -2.42. The van der Waals surface area contributed by atoms with Crippen molar-refractivity contribution in [2.45, 2.75) is 40.2 Å². The van der Waals surface area contributed by atoms with Crippen LogP contribution in [0.15, 0.2) is 34.7 Å². The highest BCUT2D eigenvalue weighted by molar-refractivity contribution is 7.17. The highest BCUT2D eigenvalue weighted by atomic mass is 32.1. The Morgan fingerprint density at radius 3 is 2.86 bits per heavy atom. The lowest BCUT2D eigenvalue weighted by atomic mass is 10.0. The molecule has 1 atom stereocenters. The predicted octanol–water partition coefficient (Wildman–Crippen LogP) is 4.00. The first kappa shape index (κ1) is 18.9. The molecule has 3 aromatic rings. The molecule has 0 saturated carbocycles. The molecule has 0 unspecified atom stereocenters. The number of aryl methyl sites for hydroxylation is 2. The largest absolute Gasteiger partial charge is 0.341 e. The summed E-state index contributed by atoms with van der Waals surface area (Å²) in [4.78, 5) is 32.9. The van der Waals surface area contributed by atoms with Gasteiger partial charge in [0.05, 0.1) is 11.7 Å². The van der Waals surface area contributed by atoms with E-state index in [2.05, 4.69) is 37.9 Å². The molecule has 1 amide bonds. The number of benzene rings is 1. The van der Waals surface area contributed by atoms with Crippen LogP contribution >= 0.6 is 11.3 Å². The van der Waals surface area contributed by atoms with E-state index in [-0.39, 0.29) is 18.0 Å². The van der Waals surface area contributed by atoms with Gasteiger partial charge < -0.3 is 4.90 Å². The quantitative estimate of drug-likeness (QED) is 0.674. The minimum Gasteiger partial charge on any atom is -0.341 e. The van der Waals surface area contributed by atoms with Gasteiger partial charge in [0, 0.05) is 24.0 Å². The molecular weight excluding hydrogens is 370 g/mol. The molecule has 2 aromatic heterocycles. The van der Waals surface area contributed by atoms with E-state index >= 15 is 0 Å². The van der Waals surface area contributed by atoms with Crippen molar-refractivity contribution >= 4 is 27.5 Å². The highest BCUT2D eigenvalue weighted by Crippen LogP contribution is 2.31. The molecule has 0 spiro atoms. The summed E-state index contributed by atoms with van der Waals surface area (Å²) < 4.78 is 1.46. The van der Waals surface area contributed by atoms with E-state index in [4.69, 9.17) is 0 Å². The van der Waals surface area contributed by atoms with Crippen molar-refractivity contribution in [2.24, 2.45) is 5.92 Å². The van der Waals surface area contributed by atoms with Crippen LogP contribution in [0.25, 0.3) is 21.3 Å². The monoisotopic (exact) mass is 395 g/mol. The summed E-state index contributed by atoms with van der Waals surface area (Å²) in [7, 11) is 0. The normalized spacial score (nSPS) is 17.2. The fourth-order valence-electron chi connectivity index (χ4n) is 3.86. The minimum atomic E-state index is -0.141. The number of likely N-dealkylation sites (tertiary alicyclic amines) is 1. The van der Waals surface area contributed by atoms with Crippen molar-refractivity contribution < 1.29 is 4.79 Å². The topological polar surface area (TPSA) is 55.2 Å². The van der Waals surface area contributed by atoms with Gasteiger partial charge in [0.1, 0.15) is 11.4 Å². The van der Waals surface area contributed by atoms with Crippen LogP contribution in [0.3, 0.4) is 0 Å². The van der Waals surface area contributed by atoms with Crippen LogP contribution in [0.1, 0.15) is 30.9 Å². The summed E-state index contributed by atoms with van der Waals surface area (Å²) in [6, 6.07) is 6.22. The van der Waals surface area contributed by atoms with Crippen molar-refractivity contribution in [1.82, 2.24) is 14.5 Å². The van der Waals surface area contributed by atoms with Crippen LogP contribution in [0.2, 0.25) is 0 Å². The van der Waals surface area contributed by atoms with Gasteiger partial charge in [-0.05, 0) is 49.3 Å². The van der Waals surface area contributed by atoms with Crippen LogP contribution < -0.4 is 5.56 Å². The van der Waals surface area contributed by atoms with Gasteiger partial charge >= 0.3 is 0 Å². The Labute approximate surface area is 168 Å². The van der Waals surface area contributed by atoms with Gasteiger partial charge in [-0.1, -0.05) is 25.1 Å². The first-order valence-corrected chi connectivity index (χ1v) is 10.6. The van der Waals surface area contributed by atoms with Crippen LogP contribution in [0, 0.1) is 19.8 Å². The van der Waals surface area contributed by atoms with E-state index in [9.17, 15) is 9.59 Å². The first-order valence-electron chi connectivity index (χ1n) is 9.76. The van der Waals surface area contributed by atoms with E-state index < -0.39 is 0 Å². The van der Waals surface area contributed by atoms with Crippen LogP contribution in [0.4, 0.5) is 0 Å². The number of carbonyl (C=O) groups is 1. The van der Waals surface area contributed by atoms with E-state index in [1.54, 1.807) is 0 Å². The summed E-state index contributed by atoms with van der Waals surface area (Å²) in [5.74, 6) is 0.515. The van der Waals surface area contributed by atoms with Crippen molar-refractivity contribution in [3.63, 3.8) is 0 Å². The second-order valence-corrected chi connectivity index (χ2v) is 8.75. The molecule has 6 heteroatoms. The Morgan fingerprint density at radius 1 is 1.29 bits per heavy atom. The number of carbonyl (C=O) groups excluding carboxylic acids is 1. The second-order valence-electron chi connectivity index (χ2n) is 7.89. The zero-order valence-corrected chi connectivity index (χ0v) is 17.4. The fourth-order valence-corrected chi connectivity index (χ4v) is 4.77. The van der Waals surface area contributed by atoms with Crippen molar-refractivity contribution in [3.8, 4) is 11.1 Å². The van der Waals surface area contributed by atoms with E-state index in [1.807, 2.05) is 16.3 Å². The third-order valence-electron chi connectivity index (χ3n) is 5.69. The van der Waals surface area contributed by atoms with Crippen molar-refractivity contribution in [3.05, 3.63) is 51.4 Å². The lowest BCUT2D eigenvalue weighted by Gasteiger charge is -2.31. The number of rotatable bonds is 3. The number of hydrogen-bond acceptors (Lipinski definition) is 4. The molecule has 0 bridgehead atoms. The average molecular weight is 396 g/mol. The molecular formula is C22H25N3O2S. The van der Waals surface area contributed by atoms with Gasteiger partial charge in [-0.25, -0.2) is 4.98 Å². The lowest BCUT2D eigenvalue weighted by molar-refractivity contribution is -0.133. The molecule has 1 fully saturated rings. The van der Waals surface area contributed by atoms with E-state index in [0.717, 1.165) is 37.1 Å². The van der Waals surface area contributed by atoms with Gasteiger partial charge in [-0.15, -0.1) is 11.3 Å². The molecule has 1 aromatic carbocycles. The molecule has 0 N–H and O–H groups in total. The average Bonchev–Trinajstić information content (AvgIpc) is 3.11. The summed E-state index contributed by atoms with van der Waals surface area (Å²) in [6.07, 6.45) is 3.70. The third-order valence-corrected chi connectivity index (χ3v) is 6.58. The maximum absolute atomic E-state index is 13.2. The van der Waals surface area contributed by atoms with Gasteiger partial charge in [-0.2, -0.15) is 0 Å². The number of fused-ring (bicyclic) bond motifs is 1. The molecule has 1 saturated heterocycles. The Hall–Kier alpha value is -2.47. The maximum atomic E-state index is 13.2. The molecule has 0 radical (unpaired) electrons. The number of amides is 1. The Morgan fingerprint density at radius 2 is 2.11 bits per heavy atom. The number of hydrogen-bond donors (Lipinski definition) is 0. The van der Waals surface area contributed by atoms with Gasteiger partial charge in [-0.3, -0.25) is 14.2 Å². The first-order chi connectivity index (χ1) is 13.4. The molecule has 4 rings (SSSR count). The number of nitrogens with zero attached hydrogens (tertiary/aromatic N) is 3. The molecule has 1 aliphatic rings. The second kappa shape index (κ2) is 7.51. The van der Waals surface area contributed by atoms with Gasteiger partial charge in [0.15, 0.2) is 0 Å². The Kier molecular flexibility index (Phi) is 5.06.